The molecule has 1 rings (SSSR count). The van der Waals surface area contributed by atoms with Gasteiger partial charge >= 0.3 is 0 Å². The standard InChI is InChI=1S/C12H17Cl2NO4S/c1-8-7-10(13)9(2)12(11(8)14)20(17,18)15-3-5-19-6-4-16/h7,15-16H,3-6H2,1-2H3. The lowest BCUT2D eigenvalue weighted by Crippen LogP contribution is -2.28. The summed E-state index contributed by atoms with van der Waals surface area (Å²) >= 11 is 12.1. The predicted octanol–water partition coefficient (Wildman–Crippen LogP) is 1.90. The fraction of sp³-hybridized carbons (Fsp3) is 0.500. The van der Waals surface area contributed by atoms with Gasteiger partial charge in [-0.25, -0.2) is 13.1 Å². The van der Waals surface area contributed by atoms with E-state index in [-0.39, 0.29) is 36.3 Å². The van der Waals surface area contributed by atoms with Crippen LogP contribution < -0.4 is 4.72 Å². The lowest BCUT2D eigenvalue weighted by molar-refractivity contribution is 0.0961. The number of aliphatic hydroxyl groups excluding tert-OH is 1. The normalized spacial score (nSPS) is 11.8. The van der Waals surface area contributed by atoms with Crippen molar-refractivity contribution in [3.05, 3.63) is 27.2 Å². The Bertz CT molecular complexity index is 549. The molecule has 0 bridgehead atoms. The summed E-state index contributed by atoms with van der Waals surface area (Å²) in [6, 6.07) is 1.63. The maximum atomic E-state index is 12.3. The van der Waals surface area contributed by atoms with E-state index in [1.165, 1.54) is 0 Å². The van der Waals surface area contributed by atoms with Gasteiger partial charge in [-0.2, -0.15) is 0 Å². The molecular formula is C12H17Cl2NO4S. The molecule has 0 aliphatic carbocycles. The number of rotatable bonds is 7. The molecule has 5 nitrogen and oxygen atoms in total. The van der Waals surface area contributed by atoms with Gasteiger partial charge in [0.1, 0.15) is 4.90 Å². The molecule has 1 aromatic rings. The second-order valence-corrected chi connectivity index (χ2v) is 6.67. The lowest BCUT2D eigenvalue weighted by atomic mass is 10.2. The maximum absolute atomic E-state index is 12.3. The summed E-state index contributed by atoms with van der Waals surface area (Å²) in [5, 5.41) is 9.05. The van der Waals surface area contributed by atoms with Crippen molar-refractivity contribution in [1.29, 1.82) is 0 Å². The molecule has 0 saturated carbocycles. The highest BCUT2D eigenvalue weighted by Gasteiger charge is 2.23. The Labute approximate surface area is 128 Å². The van der Waals surface area contributed by atoms with Crippen molar-refractivity contribution in [3.8, 4) is 0 Å². The molecule has 0 atom stereocenters. The van der Waals surface area contributed by atoms with Crippen molar-refractivity contribution < 1.29 is 18.3 Å². The summed E-state index contributed by atoms with van der Waals surface area (Å²) in [4.78, 5) is -0.00803. The minimum atomic E-state index is -3.76. The van der Waals surface area contributed by atoms with Gasteiger partial charge in [-0.15, -0.1) is 0 Å². The minimum absolute atomic E-state index is 0.00803. The van der Waals surface area contributed by atoms with E-state index in [0.29, 0.717) is 16.1 Å². The Morgan fingerprint density at radius 1 is 1.30 bits per heavy atom. The Morgan fingerprint density at radius 2 is 1.95 bits per heavy atom. The molecule has 0 heterocycles. The van der Waals surface area contributed by atoms with Crippen LogP contribution in [0.5, 0.6) is 0 Å². The van der Waals surface area contributed by atoms with Gasteiger partial charge in [0.25, 0.3) is 0 Å². The summed E-state index contributed by atoms with van der Waals surface area (Å²) in [6.45, 7) is 3.60. The van der Waals surface area contributed by atoms with Crippen molar-refractivity contribution in [2.24, 2.45) is 0 Å². The fourth-order valence-corrected chi connectivity index (χ4v) is 3.84. The molecule has 114 valence electrons. The van der Waals surface area contributed by atoms with E-state index in [4.69, 9.17) is 33.0 Å². The first-order valence-electron chi connectivity index (χ1n) is 5.94. The van der Waals surface area contributed by atoms with Crippen LogP contribution in [-0.2, 0) is 14.8 Å². The van der Waals surface area contributed by atoms with E-state index in [2.05, 4.69) is 4.72 Å². The third-order valence-electron chi connectivity index (χ3n) is 2.63. The summed E-state index contributed by atoms with van der Waals surface area (Å²) in [6.07, 6.45) is 0. The molecule has 20 heavy (non-hydrogen) atoms. The first kappa shape index (κ1) is 17.7. The van der Waals surface area contributed by atoms with Crippen LogP contribution in [0.15, 0.2) is 11.0 Å². The van der Waals surface area contributed by atoms with Gasteiger partial charge in [-0.3, -0.25) is 0 Å². The van der Waals surface area contributed by atoms with E-state index in [1.54, 1.807) is 19.9 Å². The number of hydrogen-bond acceptors (Lipinski definition) is 4. The number of sulfonamides is 1. The summed E-state index contributed by atoms with van der Waals surface area (Å²) in [5.41, 5.74) is 1.00. The number of benzene rings is 1. The van der Waals surface area contributed by atoms with Crippen LogP contribution in [0.3, 0.4) is 0 Å². The molecule has 1 aromatic carbocycles. The predicted molar refractivity (Wildman–Crippen MR) is 79.0 cm³/mol. The molecule has 2 N–H and O–H groups in total. The summed E-state index contributed by atoms with van der Waals surface area (Å²) in [7, 11) is -3.76. The van der Waals surface area contributed by atoms with E-state index < -0.39 is 10.0 Å². The molecule has 0 aliphatic heterocycles. The zero-order valence-corrected chi connectivity index (χ0v) is 13.6. The Hall–Kier alpha value is -0.370. The zero-order valence-electron chi connectivity index (χ0n) is 11.2. The van der Waals surface area contributed by atoms with Gasteiger partial charge in [0.15, 0.2) is 0 Å². The number of aryl methyl sites for hydroxylation is 1. The highest BCUT2D eigenvalue weighted by atomic mass is 35.5. The van der Waals surface area contributed by atoms with Crippen molar-refractivity contribution in [2.45, 2.75) is 18.7 Å². The van der Waals surface area contributed by atoms with Gasteiger partial charge in [-0.1, -0.05) is 23.2 Å². The quantitative estimate of drug-likeness (QED) is 0.742. The molecule has 0 amide bonds. The van der Waals surface area contributed by atoms with Crippen LogP contribution in [0.1, 0.15) is 11.1 Å². The molecular weight excluding hydrogens is 325 g/mol. The number of halogens is 2. The highest BCUT2D eigenvalue weighted by Crippen LogP contribution is 2.33. The average Bonchev–Trinajstić information content (AvgIpc) is 2.36. The molecule has 0 aliphatic rings. The van der Waals surface area contributed by atoms with Crippen molar-refractivity contribution in [3.63, 3.8) is 0 Å². The SMILES string of the molecule is Cc1cc(Cl)c(C)c(S(=O)(=O)NCCOCCO)c1Cl. The van der Waals surface area contributed by atoms with Crippen molar-refractivity contribution in [2.75, 3.05) is 26.4 Å². The van der Waals surface area contributed by atoms with E-state index in [0.717, 1.165) is 0 Å². The Balaban J connectivity index is 2.93. The number of ether oxygens (including phenoxy) is 1. The van der Waals surface area contributed by atoms with Crippen LogP contribution in [0, 0.1) is 13.8 Å². The van der Waals surface area contributed by atoms with Crippen molar-refractivity contribution in [1.82, 2.24) is 4.72 Å². The monoisotopic (exact) mass is 341 g/mol. The van der Waals surface area contributed by atoms with Gasteiger partial charge in [0.2, 0.25) is 10.0 Å². The third kappa shape index (κ3) is 4.31. The maximum Gasteiger partial charge on any atom is 0.242 e. The van der Waals surface area contributed by atoms with Crippen LogP contribution in [0.4, 0.5) is 0 Å². The van der Waals surface area contributed by atoms with E-state index in [9.17, 15) is 8.42 Å². The van der Waals surface area contributed by atoms with Gasteiger partial charge in [-0.05, 0) is 31.0 Å². The topological polar surface area (TPSA) is 75.6 Å². The molecule has 8 heteroatoms. The minimum Gasteiger partial charge on any atom is -0.394 e. The molecule has 0 aromatic heterocycles. The van der Waals surface area contributed by atoms with E-state index >= 15 is 0 Å². The first-order valence-corrected chi connectivity index (χ1v) is 8.18. The Morgan fingerprint density at radius 3 is 2.55 bits per heavy atom. The summed E-state index contributed by atoms with van der Waals surface area (Å²) < 4.78 is 31.9. The second-order valence-electron chi connectivity index (χ2n) is 4.18. The van der Waals surface area contributed by atoms with Gasteiger partial charge in [0, 0.05) is 11.6 Å². The zero-order chi connectivity index (χ0) is 15.3. The molecule has 0 unspecified atom stereocenters. The van der Waals surface area contributed by atoms with Crippen LogP contribution in [0.2, 0.25) is 10.0 Å². The molecule has 0 spiro atoms. The highest BCUT2D eigenvalue weighted by molar-refractivity contribution is 7.89. The number of aliphatic hydroxyl groups is 1. The largest absolute Gasteiger partial charge is 0.394 e. The third-order valence-corrected chi connectivity index (χ3v) is 5.25. The van der Waals surface area contributed by atoms with Crippen molar-refractivity contribution >= 4 is 33.2 Å². The summed E-state index contributed by atoms with van der Waals surface area (Å²) in [5.74, 6) is 0. The number of nitrogens with one attached hydrogen (secondary N) is 1. The van der Waals surface area contributed by atoms with Crippen LogP contribution in [-0.4, -0.2) is 39.9 Å². The smallest absolute Gasteiger partial charge is 0.242 e. The van der Waals surface area contributed by atoms with Crippen LogP contribution >= 0.6 is 23.2 Å². The van der Waals surface area contributed by atoms with Gasteiger partial charge < -0.3 is 9.84 Å². The molecule has 0 saturated heterocycles. The molecule has 0 radical (unpaired) electrons. The van der Waals surface area contributed by atoms with Gasteiger partial charge in [0.05, 0.1) is 24.8 Å². The van der Waals surface area contributed by atoms with E-state index in [1.807, 2.05) is 0 Å². The molecule has 0 fully saturated rings. The second kappa shape index (κ2) is 7.59. The van der Waals surface area contributed by atoms with Crippen LogP contribution in [0.25, 0.3) is 0 Å². The number of hydrogen-bond donors (Lipinski definition) is 2. The Kier molecular flexibility index (Phi) is 6.71. The lowest BCUT2D eigenvalue weighted by Gasteiger charge is -2.14. The average molecular weight is 342 g/mol. The fourth-order valence-electron chi connectivity index (χ4n) is 1.62. The first-order chi connectivity index (χ1) is 9.31.